The number of hydrogen-bond donors (Lipinski definition) is 1. The number of nitrogens with one attached hydrogen (secondary N) is 1. The van der Waals surface area contributed by atoms with Crippen molar-refractivity contribution in [3.8, 4) is 5.69 Å². The van der Waals surface area contributed by atoms with E-state index in [1.165, 1.54) is 29.3 Å². The molecule has 146 valence electrons. The van der Waals surface area contributed by atoms with Crippen LogP contribution in [0.2, 0.25) is 10.0 Å². The van der Waals surface area contributed by atoms with Crippen LogP contribution in [0.4, 0.5) is 10.1 Å². The maximum atomic E-state index is 13.2. The number of hydrogen-bond acceptors (Lipinski definition) is 4. The minimum atomic E-state index is -0.591. The Morgan fingerprint density at radius 2 is 2.00 bits per heavy atom. The van der Waals surface area contributed by atoms with Gasteiger partial charge in [0.05, 0.1) is 16.9 Å². The maximum Gasteiger partial charge on any atom is 0.264 e. The van der Waals surface area contributed by atoms with Crippen molar-refractivity contribution in [2.75, 3.05) is 5.32 Å². The van der Waals surface area contributed by atoms with E-state index < -0.39 is 17.3 Å². The number of fused-ring (bicyclic) bond motifs is 1. The lowest BCUT2D eigenvalue weighted by molar-refractivity contribution is -0.116. The Morgan fingerprint density at radius 3 is 2.76 bits per heavy atom. The van der Waals surface area contributed by atoms with E-state index in [0.717, 1.165) is 10.6 Å². The van der Waals surface area contributed by atoms with E-state index in [4.69, 9.17) is 23.2 Å². The molecule has 0 saturated heterocycles. The minimum Gasteiger partial charge on any atom is -0.324 e. The number of carbonyl (C=O) groups excluding carboxylic acids is 1. The van der Waals surface area contributed by atoms with Crippen LogP contribution >= 0.6 is 23.2 Å². The summed E-state index contributed by atoms with van der Waals surface area (Å²) in [6.07, 6.45) is 2.66. The molecule has 0 aliphatic carbocycles. The highest BCUT2D eigenvalue weighted by molar-refractivity contribution is 6.31. The topological polar surface area (TPSA) is 81.8 Å². The van der Waals surface area contributed by atoms with Crippen molar-refractivity contribution in [2.24, 2.45) is 0 Å². The maximum absolute atomic E-state index is 13.2. The molecule has 7 nitrogen and oxygen atoms in total. The predicted octanol–water partition coefficient (Wildman–Crippen LogP) is 3.67. The molecule has 0 aliphatic heterocycles. The SMILES string of the molecule is O=C(Cn1cnc2c(cnn2-c2cccc(Cl)c2)c1=O)Nc1ccc(F)c(Cl)c1. The van der Waals surface area contributed by atoms with Crippen molar-refractivity contribution in [3.05, 3.63) is 81.2 Å². The second-order valence-electron chi connectivity index (χ2n) is 6.13. The van der Waals surface area contributed by atoms with E-state index >= 15 is 0 Å². The molecule has 1 N–H and O–H groups in total. The van der Waals surface area contributed by atoms with Crippen LogP contribution in [0, 0.1) is 5.82 Å². The number of halogens is 3. The lowest BCUT2D eigenvalue weighted by Crippen LogP contribution is -2.27. The monoisotopic (exact) mass is 431 g/mol. The zero-order valence-corrected chi connectivity index (χ0v) is 16.2. The summed E-state index contributed by atoms with van der Waals surface area (Å²) < 4.78 is 15.9. The lowest BCUT2D eigenvalue weighted by Gasteiger charge is -2.08. The molecule has 0 aliphatic rings. The number of rotatable bonds is 4. The molecule has 4 aromatic rings. The van der Waals surface area contributed by atoms with Crippen LogP contribution in [0.1, 0.15) is 0 Å². The fraction of sp³-hybridized carbons (Fsp3) is 0.0526. The molecular formula is C19H12Cl2FN5O2. The summed E-state index contributed by atoms with van der Waals surface area (Å²) in [6.45, 7) is -0.279. The summed E-state index contributed by atoms with van der Waals surface area (Å²) in [5, 5.41) is 7.43. The van der Waals surface area contributed by atoms with Crippen molar-refractivity contribution in [1.29, 1.82) is 0 Å². The van der Waals surface area contributed by atoms with Crippen LogP contribution in [-0.4, -0.2) is 25.2 Å². The second-order valence-corrected chi connectivity index (χ2v) is 6.97. The van der Waals surface area contributed by atoms with Gasteiger partial charge >= 0.3 is 0 Å². The molecule has 10 heteroatoms. The van der Waals surface area contributed by atoms with E-state index in [-0.39, 0.29) is 17.0 Å². The standard InChI is InChI=1S/C19H12Cl2FN5O2/c20-11-2-1-3-13(6-11)27-18-14(8-24-27)19(29)26(10-23-18)9-17(28)25-12-4-5-16(22)15(21)7-12/h1-8,10H,9H2,(H,25,28). The average molecular weight is 432 g/mol. The first-order valence-corrected chi connectivity index (χ1v) is 9.12. The molecule has 0 atom stereocenters. The molecule has 0 radical (unpaired) electrons. The molecule has 0 bridgehead atoms. The van der Waals surface area contributed by atoms with Gasteiger partial charge in [-0.25, -0.2) is 14.1 Å². The van der Waals surface area contributed by atoms with E-state index in [2.05, 4.69) is 15.4 Å². The molecule has 29 heavy (non-hydrogen) atoms. The summed E-state index contributed by atoms with van der Waals surface area (Å²) >= 11 is 11.7. The molecule has 4 rings (SSSR count). The Morgan fingerprint density at radius 1 is 1.17 bits per heavy atom. The van der Waals surface area contributed by atoms with Gasteiger partial charge in [0, 0.05) is 10.7 Å². The fourth-order valence-electron chi connectivity index (χ4n) is 2.79. The van der Waals surface area contributed by atoms with Crippen LogP contribution in [0.5, 0.6) is 0 Å². The quantitative estimate of drug-likeness (QED) is 0.534. The van der Waals surface area contributed by atoms with Gasteiger partial charge in [0.1, 0.15) is 24.1 Å². The molecular weight excluding hydrogens is 420 g/mol. The number of nitrogens with zero attached hydrogens (tertiary/aromatic N) is 4. The summed E-state index contributed by atoms with van der Waals surface area (Å²) in [6, 6.07) is 10.8. The summed E-state index contributed by atoms with van der Waals surface area (Å²) in [5.74, 6) is -1.08. The van der Waals surface area contributed by atoms with Gasteiger partial charge in [-0.05, 0) is 36.4 Å². The fourth-order valence-corrected chi connectivity index (χ4v) is 3.15. The summed E-state index contributed by atoms with van der Waals surface area (Å²) in [5.41, 5.74) is 0.898. The van der Waals surface area contributed by atoms with Gasteiger partial charge in [0.25, 0.3) is 5.56 Å². The first-order valence-electron chi connectivity index (χ1n) is 8.36. The number of benzene rings is 2. The van der Waals surface area contributed by atoms with E-state index in [1.807, 2.05) is 0 Å². The molecule has 0 spiro atoms. The lowest BCUT2D eigenvalue weighted by atomic mass is 10.3. The van der Waals surface area contributed by atoms with Gasteiger partial charge in [-0.2, -0.15) is 5.10 Å². The Bertz CT molecular complexity index is 1300. The zero-order valence-electron chi connectivity index (χ0n) is 14.6. The van der Waals surface area contributed by atoms with Crippen LogP contribution in [0.3, 0.4) is 0 Å². The van der Waals surface area contributed by atoms with Gasteiger partial charge in [-0.1, -0.05) is 29.3 Å². The van der Waals surface area contributed by atoms with Crippen molar-refractivity contribution in [3.63, 3.8) is 0 Å². The van der Waals surface area contributed by atoms with Crippen molar-refractivity contribution >= 4 is 45.8 Å². The largest absolute Gasteiger partial charge is 0.324 e. The van der Waals surface area contributed by atoms with Gasteiger partial charge < -0.3 is 5.32 Å². The second kappa shape index (κ2) is 7.65. The molecule has 2 aromatic carbocycles. The number of anilines is 1. The Hall–Kier alpha value is -3.23. The number of aromatic nitrogens is 4. The third-order valence-electron chi connectivity index (χ3n) is 4.12. The average Bonchev–Trinajstić information content (AvgIpc) is 3.12. The minimum absolute atomic E-state index is 0.114. The molecule has 2 aromatic heterocycles. The summed E-state index contributed by atoms with van der Waals surface area (Å²) in [4.78, 5) is 29.2. The molecule has 0 saturated carbocycles. The summed E-state index contributed by atoms with van der Waals surface area (Å²) in [7, 11) is 0. The van der Waals surface area contributed by atoms with Gasteiger partial charge in [0.2, 0.25) is 5.91 Å². The zero-order chi connectivity index (χ0) is 20.5. The van der Waals surface area contributed by atoms with E-state index in [0.29, 0.717) is 22.0 Å². The highest BCUT2D eigenvalue weighted by atomic mass is 35.5. The third kappa shape index (κ3) is 3.85. The first kappa shape index (κ1) is 19.1. The highest BCUT2D eigenvalue weighted by Gasteiger charge is 2.14. The number of amides is 1. The van der Waals surface area contributed by atoms with Crippen molar-refractivity contribution in [1.82, 2.24) is 19.3 Å². The van der Waals surface area contributed by atoms with Crippen molar-refractivity contribution < 1.29 is 9.18 Å². The van der Waals surface area contributed by atoms with E-state index in [1.54, 1.807) is 24.3 Å². The molecule has 0 unspecified atom stereocenters. The highest BCUT2D eigenvalue weighted by Crippen LogP contribution is 2.20. The van der Waals surface area contributed by atoms with Crippen LogP contribution in [0.25, 0.3) is 16.7 Å². The Labute approximate surface area is 173 Å². The Balaban J connectivity index is 1.60. The van der Waals surface area contributed by atoms with Gasteiger partial charge in [-0.15, -0.1) is 0 Å². The molecule has 1 amide bonds. The van der Waals surface area contributed by atoms with Gasteiger partial charge in [0.15, 0.2) is 5.65 Å². The number of carbonyl (C=O) groups is 1. The van der Waals surface area contributed by atoms with Gasteiger partial charge in [-0.3, -0.25) is 14.2 Å². The van der Waals surface area contributed by atoms with E-state index in [9.17, 15) is 14.0 Å². The van der Waals surface area contributed by atoms with Crippen molar-refractivity contribution in [2.45, 2.75) is 6.54 Å². The third-order valence-corrected chi connectivity index (χ3v) is 4.65. The first-order chi connectivity index (χ1) is 13.9. The normalized spacial score (nSPS) is 11.0. The predicted molar refractivity (Wildman–Crippen MR) is 108 cm³/mol. The van der Waals surface area contributed by atoms with Crippen LogP contribution < -0.4 is 10.9 Å². The van der Waals surface area contributed by atoms with Crippen LogP contribution in [0.15, 0.2) is 59.8 Å². The molecule has 0 fully saturated rings. The molecule has 2 heterocycles. The van der Waals surface area contributed by atoms with Crippen LogP contribution in [-0.2, 0) is 11.3 Å². The smallest absolute Gasteiger partial charge is 0.264 e. The Kier molecular flexibility index (Phi) is 5.04.